The van der Waals surface area contributed by atoms with Crippen molar-refractivity contribution in [3.63, 3.8) is 0 Å². The van der Waals surface area contributed by atoms with Crippen molar-refractivity contribution in [2.45, 2.75) is 12.0 Å². The van der Waals surface area contributed by atoms with E-state index in [4.69, 9.17) is 10.5 Å². The van der Waals surface area contributed by atoms with Gasteiger partial charge in [0.25, 0.3) is 0 Å². The second-order valence-corrected chi connectivity index (χ2v) is 8.31. The number of hydrogen-bond donors (Lipinski definition) is 2. The van der Waals surface area contributed by atoms with Crippen LogP contribution in [0.15, 0.2) is 91.0 Å². The fraction of sp³-hybridized carbons (Fsp3) is 0.143. The third-order valence-electron chi connectivity index (χ3n) is 6.39. The number of rotatable bonds is 6. The molecular formula is C28H23NO4. The highest BCUT2D eigenvalue weighted by atomic mass is 16.5. The Bertz CT molecular complexity index is 1320. The van der Waals surface area contributed by atoms with Gasteiger partial charge in [0, 0.05) is 5.92 Å². The first-order valence-corrected chi connectivity index (χ1v) is 10.9. The average molecular weight is 437 g/mol. The number of fused-ring (bicyclic) bond motifs is 4. The third-order valence-corrected chi connectivity index (χ3v) is 6.39. The predicted molar refractivity (Wildman–Crippen MR) is 127 cm³/mol. The summed E-state index contributed by atoms with van der Waals surface area (Å²) in [6.07, 6.45) is 0. The second kappa shape index (κ2) is 8.52. The molecule has 33 heavy (non-hydrogen) atoms. The van der Waals surface area contributed by atoms with Gasteiger partial charge < -0.3 is 15.6 Å². The van der Waals surface area contributed by atoms with E-state index in [9.17, 15) is 14.7 Å². The molecule has 5 nitrogen and oxygen atoms in total. The van der Waals surface area contributed by atoms with Crippen molar-refractivity contribution < 1.29 is 19.4 Å². The summed E-state index contributed by atoms with van der Waals surface area (Å²) < 4.78 is 5.59. The van der Waals surface area contributed by atoms with Gasteiger partial charge in [-0.15, -0.1) is 0 Å². The van der Waals surface area contributed by atoms with Gasteiger partial charge in [0.15, 0.2) is 5.92 Å². The van der Waals surface area contributed by atoms with Gasteiger partial charge in [0.1, 0.15) is 6.61 Å². The van der Waals surface area contributed by atoms with Crippen LogP contribution in [-0.2, 0) is 14.3 Å². The molecule has 1 aliphatic carbocycles. The molecule has 4 aromatic rings. The van der Waals surface area contributed by atoms with Crippen LogP contribution in [0.1, 0.15) is 28.7 Å². The fourth-order valence-electron chi connectivity index (χ4n) is 4.70. The minimum atomic E-state index is -1.50. The Kier molecular flexibility index (Phi) is 5.40. The summed E-state index contributed by atoms with van der Waals surface area (Å²) in [6, 6.07) is 28.2. The number of benzene rings is 4. The van der Waals surface area contributed by atoms with Crippen LogP contribution >= 0.6 is 0 Å². The predicted octanol–water partition coefficient (Wildman–Crippen LogP) is 4.90. The van der Waals surface area contributed by atoms with E-state index in [-0.39, 0.29) is 12.5 Å². The molecule has 0 unspecified atom stereocenters. The highest BCUT2D eigenvalue weighted by molar-refractivity contribution is 5.95. The third kappa shape index (κ3) is 3.77. The van der Waals surface area contributed by atoms with Crippen LogP contribution in [-0.4, -0.2) is 23.7 Å². The maximum atomic E-state index is 13.0. The number of hydrogen-bond acceptors (Lipinski definition) is 4. The van der Waals surface area contributed by atoms with Gasteiger partial charge in [-0.05, 0) is 44.7 Å². The maximum Gasteiger partial charge on any atom is 0.322 e. The topological polar surface area (TPSA) is 89.6 Å². The summed E-state index contributed by atoms with van der Waals surface area (Å²) in [7, 11) is 0. The van der Waals surface area contributed by atoms with Gasteiger partial charge in [0.05, 0.1) is 6.04 Å². The molecule has 3 N–H and O–H groups in total. The van der Waals surface area contributed by atoms with Crippen molar-refractivity contribution >= 4 is 22.7 Å². The zero-order valence-corrected chi connectivity index (χ0v) is 17.8. The number of esters is 1. The maximum absolute atomic E-state index is 13.0. The largest absolute Gasteiger partial charge is 0.481 e. The van der Waals surface area contributed by atoms with E-state index in [1.807, 2.05) is 84.9 Å². The van der Waals surface area contributed by atoms with Gasteiger partial charge in [-0.1, -0.05) is 84.9 Å². The molecule has 0 spiro atoms. The molecule has 0 bridgehead atoms. The molecule has 164 valence electrons. The molecule has 0 amide bonds. The SMILES string of the molecule is N[C@H](c1ccc2ccccc2c1)[C@H](C(=O)O)C(=O)OCC1c2ccccc2-c2ccccc21. The van der Waals surface area contributed by atoms with E-state index >= 15 is 0 Å². The number of carboxylic acids is 1. The Balaban J connectivity index is 1.38. The molecule has 0 saturated heterocycles. The molecule has 0 radical (unpaired) electrons. The molecular weight excluding hydrogens is 414 g/mol. The molecule has 2 atom stereocenters. The Hall–Kier alpha value is -3.96. The number of nitrogens with two attached hydrogens (primary N) is 1. The van der Waals surface area contributed by atoms with Gasteiger partial charge in [0.2, 0.25) is 0 Å². The lowest BCUT2D eigenvalue weighted by Gasteiger charge is -2.21. The van der Waals surface area contributed by atoms with Gasteiger partial charge in [-0.3, -0.25) is 9.59 Å². The fourth-order valence-corrected chi connectivity index (χ4v) is 4.70. The summed E-state index contributed by atoms with van der Waals surface area (Å²) in [5, 5.41) is 11.8. The minimum absolute atomic E-state index is 0.0566. The van der Waals surface area contributed by atoms with Crippen molar-refractivity contribution in [3.05, 3.63) is 108 Å². The van der Waals surface area contributed by atoms with Crippen molar-refractivity contribution in [2.24, 2.45) is 11.7 Å². The van der Waals surface area contributed by atoms with Crippen LogP contribution < -0.4 is 5.73 Å². The summed E-state index contributed by atoms with van der Waals surface area (Å²) in [4.78, 5) is 25.0. The molecule has 5 rings (SSSR count). The van der Waals surface area contributed by atoms with Crippen LogP contribution in [0.5, 0.6) is 0 Å². The zero-order valence-electron chi connectivity index (χ0n) is 17.8. The van der Waals surface area contributed by atoms with E-state index in [0.717, 1.165) is 33.0 Å². The Morgan fingerprint density at radius 2 is 1.39 bits per heavy atom. The van der Waals surface area contributed by atoms with E-state index in [1.54, 1.807) is 6.07 Å². The van der Waals surface area contributed by atoms with Crippen molar-refractivity contribution in [1.29, 1.82) is 0 Å². The average Bonchev–Trinajstić information content (AvgIpc) is 3.16. The van der Waals surface area contributed by atoms with Crippen molar-refractivity contribution in [3.8, 4) is 11.1 Å². The monoisotopic (exact) mass is 437 g/mol. The molecule has 4 aromatic carbocycles. The zero-order chi connectivity index (χ0) is 22.9. The number of carbonyl (C=O) groups is 2. The lowest BCUT2D eigenvalue weighted by Crippen LogP contribution is -2.36. The highest BCUT2D eigenvalue weighted by Crippen LogP contribution is 2.44. The molecule has 5 heteroatoms. The first-order chi connectivity index (χ1) is 16.0. The number of ether oxygens (including phenoxy) is 1. The first kappa shape index (κ1) is 20.9. The van der Waals surface area contributed by atoms with E-state index in [2.05, 4.69) is 0 Å². The molecule has 0 aliphatic heterocycles. The summed E-state index contributed by atoms with van der Waals surface area (Å²) in [5.74, 6) is -3.77. The van der Waals surface area contributed by atoms with Crippen LogP contribution in [0, 0.1) is 5.92 Å². The van der Waals surface area contributed by atoms with E-state index in [1.165, 1.54) is 0 Å². The minimum Gasteiger partial charge on any atom is -0.481 e. The van der Waals surface area contributed by atoms with Crippen molar-refractivity contribution in [2.75, 3.05) is 6.61 Å². The lowest BCUT2D eigenvalue weighted by atomic mass is 9.92. The smallest absolute Gasteiger partial charge is 0.322 e. The standard InChI is InChI=1S/C28H23NO4/c29-26(19-14-13-17-7-1-2-8-18(17)15-19)25(27(30)31)28(32)33-16-24-22-11-5-3-9-20(22)21-10-4-6-12-23(21)24/h1-15,24-26H,16,29H2,(H,30,31)/t25-,26-/m1/s1. The summed E-state index contributed by atoms with van der Waals surface area (Å²) in [6.45, 7) is 0.0566. The number of carbonyl (C=O) groups excluding carboxylic acids is 1. The first-order valence-electron chi connectivity index (χ1n) is 10.9. The van der Waals surface area contributed by atoms with Crippen LogP contribution in [0.2, 0.25) is 0 Å². The lowest BCUT2D eigenvalue weighted by molar-refractivity contribution is -0.160. The Morgan fingerprint density at radius 1 is 0.818 bits per heavy atom. The molecule has 0 saturated carbocycles. The Labute approximate surface area is 191 Å². The molecule has 0 heterocycles. The second-order valence-electron chi connectivity index (χ2n) is 8.31. The highest BCUT2D eigenvalue weighted by Gasteiger charge is 2.37. The molecule has 0 aromatic heterocycles. The normalized spacial score (nSPS) is 14.3. The summed E-state index contributed by atoms with van der Waals surface area (Å²) >= 11 is 0. The van der Waals surface area contributed by atoms with Gasteiger partial charge >= 0.3 is 11.9 Å². The molecule has 1 aliphatic rings. The quantitative estimate of drug-likeness (QED) is 0.331. The van der Waals surface area contributed by atoms with Gasteiger partial charge in [-0.2, -0.15) is 0 Å². The van der Waals surface area contributed by atoms with Crippen LogP contribution in [0.4, 0.5) is 0 Å². The van der Waals surface area contributed by atoms with Crippen LogP contribution in [0.25, 0.3) is 21.9 Å². The summed E-state index contributed by atoms with van der Waals surface area (Å²) in [5.41, 5.74) is 11.2. The van der Waals surface area contributed by atoms with E-state index < -0.39 is 23.9 Å². The van der Waals surface area contributed by atoms with E-state index in [0.29, 0.717) is 5.56 Å². The van der Waals surface area contributed by atoms with Crippen molar-refractivity contribution in [1.82, 2.24) is 0 Å². The van der Waals surface area contributed by atoms with Crippen LogP contribution in [0.3, 0.4) is 0 Å². The van der Waals surface area contributed by atoms with Gasteiger partial charge in [-0.25, -0.2) is 0 Å². The Morgan fingerprint density at radius 3 is 2.03 bits per heavy atom. The molecule has 0 fully saturated rings. The number of aliphatic carboxylic acids is 1. The number of carboxylic acid groups (broad SMARTS) is 1.